The average molecular weight is 157 g/mol. The number of rotatable bonds is 4. The van der Waals surface area contributed by atoms with E-state index in [1.807, 2.05) is 6.92 Å². The Morgan fingerprint density at radius 2 is 2.18 bits per heavy atom. The fraction of sp³-hybridized carbons (Fsp3) is 0.429. The van der Waals surface area contributed by atoms with Gasteiger partial charge in [-0.2, -0.15) is 0 Å². The molecule has 0 rings (SSSR count). The molecule has 0 bridgehead atoms. The van der Waals surface area contributed by atoms with Crippen molar-refractivity contribution < 1.29 is 14.7 Å². The van der Waals surface area contributed by atoms with E-state index in [4.69, 9.17) is 5.11 Å². The summed E-state index contributed by atoms with van der Waals surface area (Å²) in [4.78, 5) is 20.6. The van der Waals surface area contributed by atoms with Crippen molar-refractivity contribution in [1.29, 1.82) is 0 Å². The molecule has 0 saturated carbocycles. The summed E-state index contributed by atoms with van der Waals surface area (Å²) in [5.41, 5.74) is 0. The van der Waals surface area contributed by atoms with Crippen LogP contribution in [0.15, 0.2) is 12.3 Å². The number of hydrogen-bond donors (Lipinski definition) is 2. The highest BCUT2D eigenvalue weighted by Crippen LogP contribution is 1.84. The minimum Gasteiger partial charge on any atom is -0.478 e. The third-order valence-corrected chi connectivity index (χ3v) is 0.947. The summed E-state index contributed by atoms with van der Waals surface area (Å²) in [5.74, 6) is -1.23. The molecule has 11 heavy (non-hydrogen) atoms. The van der Waals surface area contributed by atoms with Gasteiger partial charge in [0.1, 0.15) is 0 Å². The highest BCUT2D eigenvalue weighted by atomic mass is 16.4. The lowest BCUT2D eigenvalue weighted by Gasteiger charge is -1.94. The Morgan fingerprint density at radius 3 is 2.64 bits per heavy atom. The minimum absolute atomic E-state index is 0.162. The number of hydrogen-bond acceptors (Lipinski definition) is 2. The van der Waals surface area contributed by atoms with Gasteiger partial charge in [0.25, 0.3) is 0 Å². The number of amides is 1. The van der Waals surface area contributed by atoms with Crippen LogP contribution in [0.1, 0.15) is 19.8 Å². The van der Waals surface area contributed by atoms with Crippen molar-refractivity contribution in [3.8, 4) is 0 Å². The van der Waals surface area contributed by atoms with Crippen LogP contribution in [0.5, 0.6) is 0 Å². The van der Waals surface area contributed by atoms with E-state index >= 15 is 0 Å². The first kappa shape index (κ1) is 9.68. The second kappa shape index (κ2) is 5.46. The van der Waals surface area contributed by atoms with Gasteiger partial charge >= 0.3 is 5.97 Å². The number of nitrogens with one attached hydrogen (secondary N) is 1. The van der Waals surface area contributed by atoms with Crippen molar-refractivity contribution in [2.24, 2.45) is 0 Å². The molecular weight excluding hydrogens is 146 g/mol. The molecule has 4 heteroatoms. The molecule has 4 nitrogen and oxygen atoms in total. The van der Waals surface area contributed by atoms with Crippen LogP contribution in [0.2, 0.25) is 0 Å². The molecule has 0 aromatic rings. The van der Waals surface area contributed by atoms with E-state index in [1.54, 1.807) is 0 Å². The summed E-state index contributed by atoms with van der Waals surface area (Å²) in [7, 11) is 0. The summed E-state index contributed by atoms with van der Waals surface area (Å²) < 4.78 is 0. The molecule has 0 spiro atoms. The van der Waals surface area contributed by atoms with E-state index in [-0.39, 0.29) is 5.91 Å². The van der Waals surface area contributed by atoms with Gasteiger partial charge in [-0.05, 0) is 6.42 Å². The molecule has 0 saturated heterocycles. The van der Waals surface area contributed by atoms with Gasteiger partial charge in [0, 0.05) is 18.7 Å². The molecule has 0 aliphatic heterocycles. The van der Waals surface area contributed by atoms with Gasteiger partial charge in [-0.15, -0.1) is 0 Å². The minimum atomic E-state index is -1.07. The molecule has 0 unspecified atom stereocenters. The van der Waals surface area contributed by atoms with Crippen LogP contribution in [-0.4, -0.2) is 17.0 Å². The lowest BCUT2D eigenvalue weighted by Crippen LogP contribution is -2.16. The molecule has 0 aromatic heterocycles. The van der Waals surface area contributed by atoms with E-state index in [0.29, 0.717) is 6.42 Å². The molecule has 0 radical (unpaired) electrons. The monoisotopic (exact) mass is 157 g/mol. The van der Waals surface area contributed by atoms with Gasteiger partial charge in [0.05, 0.1) is 0 Å². The first-order valence-electron chi connectivity index (χ1n) is 3.35. The molecule has 0 aliphatic rings. The van der Waals surface area contributed by atoms with Crippen molar-refractivity contribution in [2.45, 2.75) is 19.8 Å². The Bertz CT molecular complexity index is 175. The number of carboxylic acids is 1. The summed E-state index contributed by atoms with van der Waals surface area (Å²) in [5, 5.41) is 10.4. The summed E-state index contributed by atoms with van der Waals surface area (Å²) in [6.45, 7) is 1.88. The average Bonchev–Trinajstić information content (AvgIpc) is 1.87. The number of carbonyl (C=O) groups is 2. The van der Waals surface area contributed by atoms with Gasteiger partial charge in [-0.25, -0.2) is 4.79 Å². The molecule has 0 heterocycles. The van der Waals surface area contributed by atoms with Crippen LogP contribution in [0, 0.1) is 0 Å². The van der Waals surface area contributed by atoms with Gasteiger partial charge < -0.3 is 10.4 Å². The smallest absolute Gasteiger partial charge is 0.329 e. The van der Waals surface area contributed by atoms with Crippen molar-refractivity contribution in [2.75, 3.05) is 0 Å². The Labute approximate surface area is 64.9 Å². The van der Waals surface area contributed by atoms with Crippen molar-refractivity contribution in [1.82, 2.24) is 5.32 Å². The standard InChI is InChI=1S/C7H11NO3/c1-2-3-6(9)8-5-4-7(10)11/h4-5H,2-3H2,1H3,(H,8,9)(H,10,11)/b5-4-. The molecule has 1 amide bonds. The van der Waals surface area contributed by atoms with Crippen LogP contribution >= 0.6 is 0 Å². The maximum absolute atomic E-state index is 10.7. The quantitative estimate of drug-likeness (QED) is 0.584. The number of carbonyl (C=O) groups excluding carboxylic acids is 1. The molecule has 62 valence electrons. The molecule has 2 N–H and O–H groups in total. The SMILES string of the molecule is CCCC(=O)N/C=C\C(=O)O. The number of carboxylic acid groups (broad SMARTS) is 1. The molecule has 0 aliphatic carbocycles. The Kier molecular flexibility index (Phi) is 4.81. The Morgan fingerprint density at radius 1 is 1.55 bits per heavy atom. The van der Waals surface area contributed by atoms with E-state index in [0.717, 1.165) is 18.7 Å². The molecule has 0 atom stereocenters. The topological polar surface area (TPSA) is 66.4 Å². The van der Waals surface area contributed by atoms with Crippen LogP contribution in [0.25, 0.3) is 0 Å². The highest BCUT2D eigenvalue weighted by molar-refractivity contribution is 5.82. The van der Waals surface area contributed by atoms with Crippen LogP contribution in [0.4, 0.5) is 0 Å². The third kappa shape index (κ3) is 6.57. The van der Waals surface area contributed by atoms with Gasteiger partial charge in [-0.3, -0.25) is 4.79 Å². The largest absolute Gasteiger partial charge is 0.478 e. The summed E-state index contributed by atoms with van der Waals surface area (Å²) in [6, 6.07) is 0. The van der Waals surface area contributed by atoms with E-state index in [1.165, 1.54) is 0 Å². The third-order valence-electron chi connectivity index (χ3n) is 0.947. The Balaban J connectivity index is 3.53. The normalized spacial score (nSPS) is 9.91. The zero-order valence-electron chi connectivity index (χ0n) is 6.33. The first-order valence-corrected chi connectivity index (χ1v) is 3.35. The maximum Gasteiger partial charge on any atom is 0.329 e. The van der Waals surface area contributed by atoms with Gasteiger partial charge in [-0.1, -0.05) is 6.92 Å². The van der Waals surface area contributed by atoms with E-state index < -0.39 is 5.97 Å². The lowest BCUT2D eigenvalue weighted by atomic mass is 10.3. The fourth-order valence-electron chi connectivity index (χ4n) is 0.505. The first-order chi connectivity index (χ1) is 5.16. The van der Waals surface area contributed by atoms with Gasteiger partial charge in [0.15, 0.2) is 0 Å². The van der Waals surface area contributed by atoms with Crippen molar-refractivity contribution >= 4 is 11.9 Å². The predicted molar refractivity (Wildman–Crippen MR) is 39.8 cm³/mol. The van der Waals surface area contributed by atoms with E-state index in [2.05, 4.69) is 5.32 Å². The van der Waals surface area contributed by atoms with Gasteiger partial charge in [0.2, 0.25) is 5.91 Å². The summed E-state index contributed by atoms with van der Waals surface area (Å²) >= 11 is 0. The fourth-order valence-corrected chi connectivity index (χ4v) is 0.505. The second-order valence-electron chi connectivity index (χ2n) is 1.99. The highest BCUT2D eigenvalue weighted by Gasteiger charge is 1.94. The van der Waals surface area contributed by atoms with Crippen LogP contribution < -0.4 is 5.32 Å². The lowest BCUT2D eigenvalue weighted by molar-refractivity contribution is -0.131. The number of aliphatic carboxylic acids is 1. The maximum atomic E-state index is 10.7. The molecular formula is C7H11NO3. The second-order valence-corrected chi connectivity index (χ2v) is 1.99. The zero-order chi connectivity index (χ0) is 8.69. The molecule has 0 fully saturated rings. The van der Waals surface area contributed by atoms with Crippen LogP contribution in [-0.2, 0) is 9.59 Å². The van der Waals surface area contributed by atoms with Crippen molar-refractivity contribution in [3.63, 3.8) is 0 Å². The predicted octanol–water partition coefficient (Wildman–Crippen LogP) is 0.501. The molecule has 0 aromatic carbocycles. The Hall–Kier alpha value is -1.32. The summed E-state index contributed by atoms with van der Waals surface area (Å²) in [6.07, 6.45) is 3.19. The van der Waals surface area contributed by atoms with E-state index in [9.17, 15) is 9.59 Å². The van der Waals surface area contributed by atoms with Crippen LogP contribution in [0.3, 0.4) is 0 Å². The van der Waals surface area contributed by atoms with Crippen molar-refractivity contribution in [3.05, 3.63) is 12.3 Å². The zero-order valence-corrected chi connectivity index (χ0v) is 6.33.